The molecule has 126 valence electrons. The Bertz CT molecular complexity index is 579. The van der Waals surface area contributed by atoms with Crippen molar-refractivity contribution < 1.29 is 0 Å². The van der Waals surface area contributed by atoms with Gasteiger partial charge in [-0.15, -0.1) is 0 Å². The number of rotatable bonds is 11. The Morgan fingerprint density at radius 1 is 0.826 bits per heavy atom. The summed E-state index contributed by atoms with van der Waals surface area (Å²) in [7, 11) is 0. The van der Waals surface area contributed by atoms with Gasteiger partial charge >= 0.3 is 0 Å². The molecule has 0 saturated heterocycles. The van der Waals surface area contributed by atoms with E-state index in [0.29, 0.717) is 0 Å². The molecule has 1 aromatic heterocycles. The molecule has 0 aliphatic carbocycles. The van der Waals surface area contributed by atoms with E-state index in [1.165, 1.54) is 80.7 Å². The lowest BCUT2D eigenvalue weighted by molar-refractivity contribution is 0.555. The average Bonchev–Trinajstić information content (AvgIpc) is 2.57. The van der Waals surface area contributed by atoms with Crippen molar-refractivity contribution in [3.05, 3.63) is 40.6 Å². The maximum atomic E-state index is 4.69. The van der Waals surface area contributed by atoms with Crippen molar-refractivity contribution in [2.75, 3.05) is 0 Å². The number of aromatic nitrogens is 1. The number of unbranched alkanes of at least 4 members (excludes halogenated alkanes) is 9. The molecule has 0 aliphatic rings. The molecule has 0 spiro atoms. The smallest absolute Gasteiger partial charge is 0.114 e. The molecule has 0 saturated carbocycles. The number of aryl methyl sites for hydroxylation is 1. The maximum absolute atomic E-state index is 4.69. The monoisotopic (exact) mass is 375 g/mol. The van der Waals surface area contributed by atoms with Crippen LogP contribution in [0.2, 0.25) is 0 Å². The van der Waals surface area contributed by atoms with E-state index in [2.05, 4.69) is 53.2 Å². The molecular formula is C21H30BrN. The second-order valence-electron chi connectivity index (χ2n) is 6.56. The van der Waals surface area contributed by atoms with Gasteiger partial charge in [-0.3, -0.25) is 0 Å². The highest BCUT2D eigenvalue weighted by Gasteiger charge is 2.03. The van der Waals surface area contributed by atoms with E-state index in [9.17, 15) is 0 Å². The van der Waals surface area contributed by atoms with Gasteiger partial charge in [-0.05, 0) is 40.2 Å². The highest BCUT2D eigenvalue weighted by molar-refractivity contribution is 9.10. The standard InChI is InChI=1S/C21H30BrN/c1-2-3-4-5-6-7-8-9-10-11-15-19-17-18-14-12-13-16-20(18)21(22)23-19/h12-14,16-17H,2-11,15H2,1H3. The van der Waals surface area contributed by atoms with E-state index in [1.807, 2.05) is 0 Å². The molecule has 1 nitrogen and oxygen atoms in total. The van der Waals surface area contributed by atoms with Crippen LogP contribution in [-0.2, 0) is 6.42 Å². The first kappa shape index (κ1) is 18.4. The largest absolute Gasteiger partial charge is 0.245 e. The molecule has 2 aromatic rings. The number of hydrogen-bond acceptors (Lipinski definition) is 1. The van der Waals surface area contributed by atoms with Gasteiger partial charge in [-0.1, -0.05) is 89.0 Å². The third-order valence-corrected chi connectivity index (χ3v) is 5.14. The van der Waals surface area contributed by atoms with E-state index < -0.39 is 0 Å². The zero-order valence-corrected chi connectivity index (χ0v) is 16.1. The van der Waals surface area contributed by atoms with Crippen LogP contribution in [0.4, 0.5) is 0 Å². The molecular weight excluding hydrogens is 346 g/mol. The van der Waals surface area contributed by atoms with Gasteiger partial charge in [0.15, 0.2) is 0 Å². The van der Waals surface area contributed by atoms with Crippen LogP contribution in [0.25, 0.3) is 10.8 Å². The Hall–Kier alpha value is -0.890. The zero-order valence-electron chi connectivity index (χ0n) is 14.5. The summed E-state index contributed by atoms with van der Waals surface area (Å²) in [6.07, 6.45) is 14.9. The molecule has 0 radical (unpaired) electrons. The summed E-state index contributed by atoms with van der Waals surface area (Å²) in [5.74, 6) is 0. The number of halogens is 1. The van der Waals surface area contributed by atoms with Crippen LogP contribution in [0, 0.1) is 0 Å². The predicted octanol–water partition coefficient (Wildman–Crippen LogP) is 7.46. The van der Waals surface area contributed by atoms with Crippen LogP contribution in [0.5, 0.6) is 0 Å². The first-order valence-electron chi connectivity index (χ1n) is 9.35. The second kappa shape index (κ2) is 10.8. The summed E-state index contributed by atoms with van der Waals surface area (Å²) in [6.45, 7) is 2.28. The van der Waals surface area contributed by atoms with E-state index >= 15 is 0 Å². The fraction of sp³-hybridized carbons (Fsp3) is 0.571. The average molecular weight is 376 g/mol. The Morgan fingerprint density at radius 2 is 1.43 bits per heavy atom. The van der Waals surface area contributed by atoms with Crippen molar-refractivity contribution in [1.29, 1.82) is 0 Å². The van der Waals surface area contributed by atoms with Crippen molar-refractivity contribution in [1.82, 2.24) is 4.98 Å². The first-order valence-corrected chi connectivity index (χ1v) is 10.1. The van der Waals surface area contributed by atoms with E-state index in [-0.39, 0.29) is 0 Å². The summed E-state index contributed by atoms with van der Waals surface area (Å²) < 4.78 is 0.984. The van der Waals surface area contributed by atoms with Crippen LogP contribution in [0.3, 0.4) is 0 Å². The Labute approximate surface area is 150 Å². The predicted molar refractivity (Wildman–Crippen MR) is 105 cm³/mol. The number of pyridine rings is 1. The molecule has 1 aromatic carbocycles. The third kappa shape index (κ3) is 6.63. The fourth-order valence-corrected chi connectivity index (χ4v) is 3.72. The van der Waals surface area contributed by atoms with E-state index in [4.69, 9.17) is 4.98 Å². The molecule has 1 heterocycles. The number of hydrogen-bond donors (Lipinski definition) is 0. The van der Waals surface area contributed by atoms with Gasteiger partial charge in [0.1, 0.15) is 4.60 Å². The van der Waals surface area contributed by atoms with Crippen LogP contribution in [-0.4, -0.2) is 4.98 Å². The first-order chi connectivity index (χ1) is 11.3. The van der Waals surface area contributed by atoms with Crippen molar-refractivity contribution in [3.8, 4) is 0 Å². The van der Waals surface area contributed by atoms with Gasteiger partial charge < -0.3 is 0 Å². The Morgan fingerprint density at radius 3 is 2.13 bits per heavy atom. The van der Waals surface area contributed by atoms with Crippen LogP contribution >= 0.6 is 15.9 Å². The second-order valence-corrected chi connectivity index (χ2v) is 7.31. The molecule has 0 N–H and O–H groups in total. The normalized spacial score (nSPS) is 11.2. The molecule has 0 aliphatic heterocycles. The fourth-order valence-electron chi connectivity index (χ4n) is 3.13. The third-order valence-electron chi connectivity index (χ3n) is 4.53. The topological polar surface area (TPSA) is 12.9 Å². The number of benzene rings is 1. The zero-order chi connectivity index (χ0) is 16.3. The molecule has 0 atom stereocenters. The summed E-state index contributed by atoms with van der Waals surface area (Å²) in [5, 5.41) is 2.50. The number of fused-ring (bicyclic) bond motifs is 1. The van der Waals surface area contributed by atoms with Crippen molar-refractivity contribution in [2.45, 2.75) is 77.6 Å². The lowest BCUT2D eigenvalue weighted by Crippen LogP contribution is -1.92. The highest BCUT2D eigenvalue weighted by Crippen LogP contribution is 2.23. The summed E-state index contributed by atoms with van der Waals surface area (Å²) in [5.41, 5.74) is 1.22. The minimum Gasteiger partial charge on any atom is -0.245 e. The van der Waals surface area contributed by atoms with E-state index in [1.54, 1.807) is 0 Å². The molecule has 0 bridgehead atoms. The van der Waals surface area contributed by atoms with Gasteiger partial charge in [-0.2, -0.15) is 0 Å². The summed E-state index contributed by atoms with van der Waals surface area (Å²) in [6, 6.07) is 10.7. The highest BCUT2D eigenvalue weighted by atomic mass is 79.9. The Balaban J connectivity index is 1.61. The Kier molecular flexibility index (Phi) is 8.67. The lowest BCUT2D eigenvalue weighted by atomic mass is 10.0. The minimum absolute atomic E-state index is 0.984. The van der Waals surface area contributed by atoms with Crippen molar-refractivity contribution in [2.24, 2.45) is 0 Å². The van der Waals surface area contributed by atoms with Gasteiger partial charge in [-0.25, -0.2) is 4.98 Å². The molecule has 23 heavy (non-hydrogen) atoms. The van der Waals surface area contributed by atoms with Crippen molar-refractivity contribution >= 4 is 26.7 Å². The maximum Gasteiger partial charge on any atom is 0.114 e. The van der Waals surface area contributed by atoms with E-state index in [0.717, 1.165) is 11.0 Å². The molecule has 0 fully saturated rings. The quantitative estimate of drug-likeness (QED) is 0.293. The lowest BCUT2D eigenvalue weighted by Gasteiger charge is -2.06. The van der Waals surface area contributed by atoms with Gasteiger partial charge in [0.2, 0.25) is 0 Å². The molecule has 2 heteroatoms. The molecule has 0 unspecified atom stereocenters. The summed E-state index contributed by atoms with van der Waals surface area (Å²) in [4.78, 5) is 4.69. The molecule has 0 amide bonds. The van der Waals surface area contributed by atoms with Crippen LogP contribution in [0.1, 0.15) is 76.8 Å². The van der Waals surface area contributed by atoms with Crippen LogP contribution in [0.15, 0.2) is 34.9 Å². The van der Waals surface area contributed by atoms with Crippen LogP contribution < -0.4 is 0 Å². The van der Waals surface area contributed by atoms with Gasteiger partial charge in [0.25, 0.3) is 0 Å². The van der Waals surface area contributed by atoms with Gasteiger partial charge in [0, 0.05) is 11.1 Å². The van der Waals surface area contributed by atoms with Gasteiger partial charge in [0.05, 0.1) is 0 Å². The molecule has 2 rings (SSSR count). The summed E-state index contributed by atoms with van der Waals surface area (Å²) >= 11 is 3.61. The number of nitrogens with zero attached hydrogens (tertiary/aromatic N) is 1. The van der Waals surface area contributed by atoms with Crippen molar-refractivity contribution in [3.63, 3.8) is 0 Å². The SMILES string of the molecule is CCCCCCCCCCCCc1cc2ccccc2c(Br)n1. The minimum atomic E-state index is 0.984.